The Balaban J connectivity index is 2.26. The van der Waals surface area contributed by atoms with E-state index >= 15 is 0 Å². The van der Waals surface area contributed by atoms with Crippen molar-refractivity contribution in [3.63, 3.8) is 0 Å². The molecule has 7 nitrogen and oxygen atoms in total. The summed E-state index contributed by atoms with van der Waals surface area (Å²) in [5, 5.41) is 21.6. The highest BCUT2D eigenvalue weighted by molar-refractivity contribution is 6.39. The molecular formula is C11H14B2N4O3. The Kier molecular flexibility index (Phi) is 4.03. The van der Waals surface area contributed by atoms with E-state index in [1.54, 1.807) is 16.6 Å². The number of hydrogen-bond donors (Lipinski definition) is 3. The van der Waals surface area contributed by atoms with E-state index in [9.17, 15) is 10.2 Å². The Hall–Kier alpha value is -1.57. The Morgan fingerprint density at radius 3 is 2.80 bits per heavy atom. The Morgan fingerprint density at radius 1 is 1.50 bits per heavy atom. The van der Waals surface area contributed by atoms with Gasteiger partial charge in [-0.2, -0.15) is 5.10 Å². The van der Waals surface area contributed by atoms with Gasteiger partial charge in [-0.15, -0.1) is 0 Å². The van der Waals surface area contributed by atoms with Crippen LogP contribution in [0.2, 0.25) is 0 Å². The molecule has 0 spiro atoms. The van der Waals surface area contributed by atoms with E-state index in [1.807, 2.05) is 0 Å². The fraction of sp³-hybridized carbons (Fsp3) is 0.455. The summed E-state index contributed by atoms with van der Waals surface area (Å²) >= 11 is 0. The van der Waals surface area contributed by atoms with Gasteiger partial charge in [-0.1, -0.05) is 0 Å². The smallest absolute Gasteiger partial charge is 0.151 e. The Morgan fingerprint density at radius 2 is 2.20 bits per heavy atom. The average Bonchev–Trinajstić information content (AvgIpc) is 2.73. The molecule has 102 valence electrons. The monoisotopic (exact) mass is 272 g/mol. The van der Waals surface area contributed by atoms with Gasteiger partial charge in [-0.25, -0.2) is 9.50 Å². The zero-order valence-corrected chi connectivity index (χ0v) is 11.0. The van der Waals surface area contributed by atoms with Crippen LogP contribution in [0.5, 0.6) is 0 Å². The summed E-state index contributed by atoms with van der Waals surface area (Å²) in [6.07, 6.45) is -0.824. The molecule has 4 N–H and O–H groups in total. The normalized spacial score (nSPS) is 15.3. The van der Waals surface area contributed by atoms with Gasteiger partial charge in [0, 0.05) is 24.6 Å². The quantitative estimate of drug-likeness (QED) is 0.555. The Labute approximate surface area is 118 Å². The lowest BCUT2D eigenvalue weighted by Gasteiger charge is -2.32. The largest absolute Gasteiger partial charge is 0.406 e. The maximum absolute atomic E-state index is 10.1. The highest BCUT2D eigenvalue weighted by Gasteiger charge is 2.32. The topological polar surface area (TPSA) is 106 Å². The van der Waals surface area contributed by atoms with Crippen molar-refractivity contribution in [2.24, 2.45) is 0 Å². The summed E-state index contributed by atoms with van der Waals surface area (Å²) in [6.45, 7) is 0. The molecule has 20 heavy (non-hydrogen) atoms. The molecule has 2 aromatic heterocycles. The van der Waals surface area contributed by atoms with Crippen LogP contribution >= 0.6 is 0 Å². The minimum Gasteiger partial charge on any atom is -0.406 e. The standard InChI is InChI=1S/C11H14B2N4O3/c1-20-9(11(12,13)19)8(18)4-6-2-3-7-10(14)15-5-16-17(6)7/h2-3,5,8-9,18-19H,4H2,1H3,(H2,14,15,16)/t8-,9?/m0/s1. The van der Waals surface area contributed by atoms with Gasteiger partial charge in [0.1, 0.15) is 27.5 Å². The highest BCUT2D eigenvalue weighted by Crippen LogP contribution is 2.18. The number of ether oxygens (including phenoxy) is 1. The van der Waals surface area contributed by atoms with Crippen LogP contribution in [0.25, 0.3) is 5.52 Å². The van der Waals surface area contributed by atoms with Crippen molar-refractivity contribution < 1.29 is 14.9 Å². The summed E-state index contributed by atoms with van der Waals surface area (Å²) in [5.74, 6) is 0.332. The van der Waals surface area contributed by atoms with Gasteiger partial charge in [0.25, 0.3) is 0 Å². The third-order valence-corrected chi connectivity index (χ3v) is 3.04. The lowest BCUT2D eigenvalue weighted by atomic mass is 9.60. The van der Waals surface area contributed by atoms with Gasteiger partial charge in [0.05, 0.1) is 12.2 Å². The maximum atomic E-state index is 10.1. The van der Waals surface area contributed by atoms with Gasteiger partial charge in [0.15, 0.2) is 5.82 Å². The molecular weight excluding hydrogens is 258 g/mol. The maximum Gasteiger partial charge on any atom is 0.151 e. The van der Waals surface area contributed by atoms with Crippen LogP contribution in [0, 0.1) is 0 Å². The van der Waals surface area contributed by atoms with Gasteiger partial charge in [-0.3, -0.25) is 0 Å². The third-order valence-electron chi connectivity index (χ3n) is 3.04. The number of anilines is 1. The van der Waals surface area contributed by atoms with Crippen molar-refractivity contribution in [2.45, 2.75) is 24.0 Å². The number of aliphatic hydroxyl groups is 2. The van der Waals surface area contributed by atoms with E-state index in [2.05, 4.69) is 10.1 Å². The number of aliphatic hydroxyl groups excluding tert-OH is 1. The zero-order valence-electron chi connectivity index (χ0n) is 11.0. The number of methoxy groups -OCH3 is 1. The molecule has 1 unspecified atom stereocenters. The highest BCUT2D eigenvalue weighted by atomic mass is 16.5. The third kappa shape index (κ3) is 2.79. The molecule has 0 fully saturated rings. The van der Waals surface area contributed by atoms with Crippen LogP contribution in [-0.4, -0.2) is 65.2 Å². The molecule has 0 aliphatic heterocycles. The number of nitrogens with two attached hydrogens (primary N) is 1. The van der Waals surface area contributed by atoms with Crippen LogP contribution < -0.4 is 5.73 Å². The molecule has 4 radical (unpaired) electrons. The predicted molar refractivity (Wildman–Crippen MR) is 74.4 cm³/mol. The van der Waals surface area contributed by atoms with Crippen molar-refractivity contribution in [3.05, 3.63) is 24.2 Å². The fourth-order valence-corrected chi connectivity index (χ4v) is 2.14. The SMILES string of the molecule is [B]C([B])(O)C(OC)[C@@H](O)Cc1ccc2c(N)ncnn12. The van der Waals surface area contributed by atoms with E-state index < -0.39 is 17.6 Å². The number of hydrogen-bond acceptors (Lipinski definition) is 6. The molecule has 2 atom stereocenters. The summed E-state index contributed by atoms with van der Waals surface area (Å²) in [7, 11) is 12.0. The summed E-state index contributed by atoms with van der Waals surface area (Å²) in [5.41, 5.74) is 7.00. The van der Waals surface area contributed by atoms with Crippen molar-refractivity contribution in [1.29, 1.82) is 0 Å². The van der Waals surface area contributed by atoms with Crippen LogP contribution in [0.3, 0.4) is 0 Å². The first-order chi connectivity index (χ1) is 9.34. The Bertz CT molecular complexity index is 599. The molecule has 0 saturated heterocycles. The van der Waals surface area contributed by atoms with E-state index in [0.29, 0.717) is 17.0 Å². The average molecular weight is 272 g/mol. The van der Waals surface area contributed by atoms with Crippen LogP contribution in [0.4, 0.5) is 5.82 Å². The second-order valence-corrected chi connectivity index (χ2v) is 4.58. The zero-order chi connectivity index (χ0) is 14.9. The fourth-order valence-electron chi connectivity index (χ4n) is 2.14. The first-order valence-electron chi connectivity index (χ1n) is 5.92. The molecule has 0 bridgehead atoms. The first-order valence-corrected chi connectivity index (χ1v) is 5.92. The summed E-state index contributed by atoms with van der Waals surface area (Å²) in [6, 6.07) is 3.47. The summed E-state index contributed by atoms with van der Waals surface area (Å²) < 4.78 is 6.49. The second-order valence-electron chi connectivity index (χ2n) is 4.58. The van der Waals surface area contributed by atoms with Crippen molar-refractivity contribution >= 4 is 27.0 Å². The van der Waals surface area contributed by atoms with Gasteiger partial charge in [0.2, 0.25) is 0 Å². The van der Waals surface area contributed by atoms with Crippen molar-refractivity contribution in [1.82, 2.24) is 14.6 Å². The van der Waals surface area contributed by atoms with Crippen LogP contribution in [-0.2, 0) is 11.2 Å². The van der Waals surface area contributed by atoms with Crippen molar-refractivity contribution in [2.75, 3.05) is 12.8 Å². The van der Waals surface area contributed by atoms with E-state index in [1.165, 1.54) is 13.4 Å². The van der Waals surface area contributed by atoms with Gasteiger partial charge in [-0.05, 0) is 12.1 Å². The van der Waals surface area contributed by atoms with Crippen LogP contribution in [0.15, 0.2) is 18.5 Å². The number of nitrogen functional groups attached to an aromatic ring is 1. The molecule has 0 saturated carbocycles. The van der Waals surface area contributed by atoms with E-state index in [0.717, 1.165) is 0 Å². The van der Waals surface area contributed by atoms with E-state index in [-0.39, 0.29) is 6.42 Å². The molecule has 0 amide bonds. The lowest BCUT2D eigenvalue weighted by Crippen LogP contribution is -2.52. The van der Waals surface area contributed by atoms with E-state index in [4.69, 9.17) is 26.2 Å². The first kappa shape index (κ1) is 14.8. The number of rotatable bonds is 5. The molecule has 2 heterocycles. The summed E-state index contributed by atoms with van der Waals surface area (Å²) in [4.78, 5) is 3.87. The minimum atomic E-state index is -2.14. The molecule has 9 heteroatoms. The molecule has 0 aliphatic carbocycles. The molecule has 2 aromatic rings. The molecule has 0 aliphatic rings. The van der Waals surface area contributed by atoms with Gasteiger partial charge >= 0.3 is 0 Å². The van der Waals surface area contributed by atoms with Crippen LogP contribution in [0.1, 0.15) is 5.69 Å². The molecule has 2 rings (SSSR count). The van der Waals surface area contributed by atoms with Gasteiger partial charge < -0.3 is 20.7 Å². The number of aromatic nitrogens is 3. The minimum absolute atomic E-state index is 0.125. The number of nitrogens with zero attached hydrogens (tertiary/aromatic N) is 3. The lowest BCUT2D eigenvalue weighted by molar-refractivity contribution is -0.0700. The second kappa shape index (κ2) is 5.43. The van der Waals surface area contributed by atoms with Crippen molar-refractivity contribution in [3.8, 4) is 0 Å². The number of fused-ring (bicyclic) bond motifs is 1. The predicted octanol–water partition coefficient (Wildman–Crippen LogP) is -1.79. The molecule has 0 aromatic carbocycles.